The Balaban J connectivity index is 1.46. The number of benzene rings is 2. The summed E-state index contributed by atoms with van der Waals surface area (Å²) in [6.45, 7) is 0.435. The molecule has 25 heavy (non-hydrogen) atoms. The molecule has 0 saturated heterocycles. The summed E-state index contributed by atoms with van der Waals surface area (Å²) in [6.07, 6.45) is 1.39. The average molecular weight is 338 g/mol. The second-order valence-electron chi connectivity index (χ2n) is 6.27. The Morgan fingerprint density at radius 1 is 1.00 bits per heavy atom. The van der Waals surface area contributed by atoms with E-state index in [9.17, 15) is 14.7 Å². The summed E-state index contributed by atoms with van der Waals surface area (Å²) in [6, 6.07) is 17.0. The molecule has 0 bridgehead atoms. The minimum Gasteiger partial charge on any atom is -0.390 e. The number of carbonyl (C=O) groups is 2. The van der Waals surface area contributed by atoms with Crippen molar-refractivity contribution in [3.63, 3.8) is 0 Å². The van der Waals surface area contributed by atoms with Crippen molar-refractivity contribution in [1.29, 1.82) is 0 Å². The first-order valence-electron chi connectivity index (χ1n) is 8.53. The lowest BCUT2D eigenvalue weighted by molar-refractivity contribution is -0.140. The van der Waals surface area contributed by atoms with Gasteiger partial charge in [-0.1, -0.05) is 54.6 Å². The maximum atomic E-state index is 12.1. The van der Waals surface area contributed by atoms with Gasteiger partial charge >= 0.3 is 11.8 Å². The van der Waals surface area contributed by atoms with E-state index in [0.29, 0.717) is 13.0 Å². The number of aliphatic hydroxyl groups excluding tert-OH is 1. The van der Waals surface area contributed by atoms with Gasteiger partial charge in [0.05, 0.1) is 12.1 Å². The van der Waals surface area contributed by atoms with Crippen molar-refractivity contribution in [3.05, 3.63) is 71.3 Å². The molecule has 3 rings (SSSR count). The Labute approximate surface area is 147 Å². The van der Waals surface area contributed by atoms with E-state index in [4.69, 9.17) is 0 Å². The molecule has 130 valence electrons. The van der Waals surface area contributed by atoms with Gasteiger partial charge in [0.2, 0.25) is 0 Å². The molecule has 0 spiro atoms. The first-order valence-corrected chi connectivity index (χ1v) is 8.53. The molecule has 0 fully saturated rings. The standard InChI is InChI=1S/C20H22N2O3/c23-17-13-15-10-4-5-11-16(15)18(17)22-20(25)19(24)21-12-6-9-14-7-2-1-3-8-14/h1-5,7-8,10-11,17-18,23H,6,9,12-13H2,(H,21,24)(H,22,25). The highest BCUT2D eigenvalue weighted by molar-refractivity contribution is 6.35. The molecule has 0 heterocycles. The van der Waals surface area contributed by atoms with Crippen molar-refractivity contribution < 1.29 is 14.7 Å². The minimum atomic E-state index is -0.708. The number of rotatable bonds is 5. The summed E-state index contributed by atoms with van der Waals surface area (Å²) in [5.74, 6) is -1.37. The SMILES string of the molecule is O=C(NCCCc1ccccc1)C(=O)NC1c2ccccc2CC1O. The van der Waals surface area contributed by atoms with Crippen LogP contribution in [0.15, 0.2) is 54.6 Å². The van der Waals surface area contributed by atoms with E-state index in [1.807, 2.05) is 54.6 Å². The van der Waals surface area contributed by atoms with Crippen LogP contribution in [0.2, 0.25) is 0 Å². The third-order valence-electron chi connectivity index (χ3n) is 4.47. The lowest BCUT2D eigenvalue weighted by Gasteiger charge is -2.17. The Kier molecular flexibility index (Phi) is 5.46. The van der Waals surface area contributed by atoms with Gasteiger partial charge in [0.25, 0.3) is 0 Å². The molecule has 2 amide bonds. The first kappa shape index (κ1) is 17.2. The van der Waals surface area contributed by atoms with Crippen molar-refractivity contribution in [2.45, 2.75) is 31.4 Å². The van der Waals surface area contributed by atoms with Crippen LogP contribution in [0.3, 0.4) is 0 Å². The molecule has 2 unspecified atom stereocenters. The van der Waals surface area contributed by atoms with Crippen LogP contribution in [0.25, 0.3) is 0 Å². The molecular formula is C20H22N2O3. The van der Waals surface area contributed by atoms with Crippen LogP contribution in [0.4, 0.5) is 0 Å². The fourth-order valence-electron chi connectivity index (χ4n) is 3.17. The summed E-state index contributed by atoms with van der Waals surface area (Å²) < 4.78 is 0. The number of hydrogen-bond donors (Lipinski definition) is 3. The predicted octanol–water partition coefficient (Wildman–Crippen LogP) is 1.51. The number of hydrogen-bond acceptors (Lipinski definition) is 3. The van der Waals surface area contributed by atoms with Crippen molar-refractivity contribution in [2.75, 3.05) is 6.54 Å². The molecule has 3 N–H and O–H groups in total. The molecule has 5 nitrogen and oxygen atoms in total. The van der Waals surface area contributed by atoms with E-state index in [1.54, 1.807) is 0 Å². The monoisotopic (exact) mass is 338 g/mol. The fourth-order valence-corrected chi connectivity index (χ4v) is 3.17. The summed E-state index contributed by atoms with van der Waals surface area (Å²) in [5, 5.41) is 15.4. The van der Waals surface area contributed by atoms with Crippen molar-refractivity contribution in [3.8, 4) is 0 Å². The van der Waals surface area contributed by atoms with Crippen LogP contribution in [-0.4, -0.2) is 29.6 Å². The Hall–Kier alpha value is -2.66. The highest BCUT2D eigenvalue weighted by atomic mass is 16.3. The third kappa shape index (κ3) is 4.25. The Bertz CT molecular complexity index is 746. The van der Waals surface area contributed by atoms with Gasteiger partial charge in [-0.15, -0.1) is 0 Å². The van der Waals surface area contributed by atoms with Crippen molar-refractivity contribution >= 4 is 11.8 Å². The largest absolute Gasteiger partial charge is 0.390 e. The maximum Gasteiger partial charge on any atom is 0.309 e. The van der Waals surface area contributed by atoms with Gasteiger partial charge in [0.1, 0.15) is 0 Å². The predicted molar refractivity (Wildman–Crippen MR) is 94.8 cm³/mol. The number of aryl methyl sites for hydroxylation is 1. The second-order valence-corrected chi connectivity index (χ2v) is 6.27. The second kappa shape index (κ2) is 7.94. The summed E-state index contributed by atoms with van der Waals surface area (Å²) in [4.78, 5) is 24.0. The zero-order chi connectivity index (χ0) is 17.6. The molecule has 1 aliphatic carbocycles. The van der Waals surface area contributed by atoms with E-state index >= 15 is 0 Å². The molecule has 0 aliphatic heterocycles. The van der Waals surface area contributed by atoms with E-state index in [0.717, 1.165) is 24.0 Å². The Morgan fingerprint density at radius 3 is 2.52 bits per heavy atom. The summed E-state index contributed by atoms with van der Waals surface area (Å²) >= 11 is 0. The highest BCUT2D eigenvalue weighted by Gasteiger charge is 2.33. The normalized spacial score (nSPS) is 18.4. The molecule has 5 heteroatoms. The number of fused-ring (bicyclic) bond motifs is 1. The van der Waals surface area contributed by atoms with Gasteiger partial charge < -0.3 is 15.7 Å². The van der Waals surface area contributed by atoms with Crippen LogP contribution in [0.5, 0.6) is 0 Å². The Morgan fingerprint density at radius 2 is 1.72 bits per heavy atom. The lowest BCUT2D eigenvalue weighted by Crippen LogP contribution is -2.43. The molecule has 0 aromatic heterocycles. The summed E-state index contributed by atoms with van der Waals surface area (Å²) in [5.41, 5.74) is 3.08. The van der Waals surface area contributed by atoms with Crippen LogP contribution in [0, 0.1) is 0 Å². The van der Waals surface area contributed by atoms with Crippen LogP contribution < -0.4 is 10.6 Å². The number of nitrogens with one attached hydrogen (secondary N) is 2. The highest BCUT2D eigenvalue weighted by Crippen LogP contribution is 2.31. The molecule has 1 aliphatic rings. The van der Waals surface area contributed by atoms with Crippen molar-refractivity contribution in [1.82, 2.24) is 10.6 Å². The molecule has 0 radical (unpaired) electrons. The zero-order valence-corrected chi connectivity index (χ0v) is 13.9. The third-order valence-corrected chi connectivity index (χ3v) is 4.47. The van der Waals surface area contributed by atoms with E-state index in [-0.39, 0.29) is 0 Å². The van der Waals surface area contributed by atoms with Gasteiger partial charge in [-0.2, -0.15) is 0 Å². The van der Waals surface area contributed by atoms with E-state index in [1.165, 1.54) is 5.56 Å². The van der Waals surface area contributed by atoms with Crippen molar-refractivity contribution in [2.24, 2.45) is 0 Å². The molecule has 2 aromatic rings. The van der Waals surface area contributed by atoms with Gasteiger partial charge in [0.15, 0.2) is 0 Å². The lowest BCUT2D eigenvalue weighted by atomic mass is 10.1. The van der Waals surface area contributed by atoms with Gasteiger partial charge in [-0.05, 0) is 29.5 Å². The molecular weight excluding hydrogens is 316 g/mol. The zero-order valence-electron chi connectivity index (χ0n) is 13.9. The van der Waals surface area contributed by atoms with Crippen LogP contribution in [-0.2, 0) is 22.4 Å². The van der Waals surface area contributed by atoms with E-state index in [2.05, 4.69) is 10.6 Å². The van der Waals surface area contributed by atoms with Gasteiger partial charge in [-0.25, -0.2) is 0 Å². The van der Waals surface area contributed by atoms with Crippen LogP contribution >= 0.6 is 0 Å². The number of carbonyl (C=O) groups excluding carboxylic acids is 2. The van der Waals surface area contributed by atoms with Crippen LogP contribution in [0.1, 0.15) is 29.2 Å². The molecule has 2 atom stereocenters. The first-order chi connectivity index (χ1) is 12.1. The van der Waals surface area contributed by atoms with Gasteiger partial charge in [-0.3, -0.25) is 9.59 Å². The van der Waals surface area contributed by atoms with E-state index < -0.39 is 24.0 Å². The topological polar surface area (TPSA) is 78.4 Å². The fraction of sp³-hybridized carbons (Fsp3) is 0.300. The van der Waals surface area contributed by atoms with Gasteiger partial charge in [0, 0.05) is 13.0 Å². The summed E-state index contributed by atoms with van der Waals surface area (Å²) in [7, 11) is 0. The minimum absolute atomic E-state index is 0.435. The number of aliphatic hydroxyl groups is 1. The quantitative estimate of drug-likeness (QED) is 0.571. The smallest absolute Gasteiger partial charge is 0.309 e. The maximum absolute atomic E-state index is 12.1. The average Bonchev–Trinajstić information content (AvgIpc) is 2.95. The molecule has 2 aromatic carbocycles. The molecule has 0 saturated carbocycles. The number of amides is 2.